The zero-order chi connectivity index (χ0) is 16.7. The van der Waals surface area contributed by atoms with E-state index in [2.05, 4.69) is 10.4 Å². The summed E-state index contributed by atoms with van der Waals surface area (Å²) in [4.78, 5) is 12.6. The molecule has 1 saturated carbocycles. The van der Waals surface area contributed by atoms with E-state index in [0.717, 1.165) is 43.4 Å². The zero-order valence-electron chi connectivity index (χ0n) is 13.4. The molecule has 1 heterocycles. The summed E-state index contributed by atoms with van der Waals surface area (Å²) in [6.07, 6.45) is 4.40. The highest BCUT2D eigenvalue weighted by molar-refractivity contribution is 5.94. The highest BCUT2D eigenvalue weighted by atomic mass is 19.1. The van der Waals surface area contributed by atoms with E-state index in [1.165, 1.54) is 6.07 Å². The molecule has 1 aromatic carbocycles. The minimum atomic E-state index is -0.348. The van der Waals surface area contributed by atoms with Crippen LogP contribution in [0.5, 0.6) is 0 Å². The van der Waals surface area contributed by atoms with E-state index in [1.807, 2.05) is 0 Å². The van der Waals surface area contributed by atoms with Crippen molar-refractivity contribution in [1.29, 1.82) is 0 Å². The van der Waals surface area contributed by atoms with Crippen molar-refractivity contribution >= 4 is 5.91 Å². The first-order valence-corrected chi connectivity index (χ1v) is 8.38. The monoisotopic (exact) mass is 329 g/mol. The number of halogens is 1. The second-order valence-electron chi connectivity index (χ2n) is 6.83. The van der Waals surface area contributed by atoms with Gasteiger partial charge in [-0.2, -0.15) is 5.10 Å². The number of carbonyl (C=O) groups excluding carboxylic acids is 1. The molecule has 1 amide bonds. The van der Waals surface area contributed by atoms with Gasteiger partial charge in [0.25, 0.3) is 5.91 Å². The van der Waals surface area contributed by atoms with Gasteiger partial charge in [-0.3, -0.25) is 4.79 Å². The predicted molar refractivity (Wildman–Crippen MR) is 86.6 cm³/mol. The Hall–Kier alpha value is -2.21. The number of carbonyl (C=O) groups is 1. The number of rotatable bonds is 5. The van der Waals surface area contributed by atoms with Gasteiger partial charge in [-0.1, -0.05) is 12.1 Å². The first-order chi connectivity index (χ1) is 11.6. The Morgan fingerprint density at radius 2 is 2.12 bits per heavy atom. The number of nitrogens with zero attached hydrogens (tertiary/aromatic N) is 2. The maximum atomic E-state index is 14.1. The third kappa shape index (κ3) is 2.51. The third-order valence-corrected chi connectivity index (χ3v) is 5.14. The fraction of sp³-hybridized carbons (Fsp3) is 0.444. The lowest BCUT2D eigenvalue weighted by molar-refractivity contribution is 0.0929. The molecule has 0 saturated heterocycles. The van der Waals surface area contributed by atoms with Crippen molar-refractivity contribution in [3.8, 4) is 5.69 Å². The Kier molecular flexibility index (Phi) is 3.64. The molecule has 5 nitrogen and oxygen atoms in total. The van der Waals surface area contributed by atoms with Crippen molar-refractivity contribution < 1.29 is 14.3 Å². The van der Waals surface area contributed by atoms with Crippen LogP contribution in [0, 0.1) is 11.2 Å². The van der Waals surface area contributed by atoms with Gasteiger partial charge in [0.1, 0.15) is 11.5 Å². The molecule has 0 atom stereocenters. The highest BCUT2D eigenvalue weighted by Crippen LogP contribution is 2.44. The molecular formula is C18H20FN3O2. The largest absolute Gasteiger partial charge is 0.396 e. The fourth-order valence-corrected chi connectivity index (χ4v) is 3.36. The van der Waals surface area contributed by atoms with Gasteiger partial charge in [-0.05, 0) is 44.2 Å². The van der Waals surface area contributed by atoms with E-state index in [9.17, 15) is 14.3 Å². The van der Waals surface area contributed by atoms with Gasteiger partial charge in [0, 0.05) is 23.2 Å². The van der Waals surface area contributed by atoms with Gasteiger partial charge in [0.2, 0.25) is 0 Å². The predicted octanol–water partition coefficient (Wildman–Crippen LogP) is 2.00. The number of fused-ring (bicyclic) bond motifs is 1. The molecule has 2 aliphatic rings. The molecule has 6 heteroatoms. The number of aromatic nitrogens is 2. The van der Waals surface area contributed by atoms with Gasteiger partial charge in [0.05, 0.1) is 6.61 Å². The molecule has 1 aromatic heterocycles. The quantitative estimate of drug-likeness (QED) is 0.882. The Morgan fingerprint density at radius 3 is 2.83 bits per heavy atom. The Bertz CT molecular complexity index is 796. The molecule has 2 aromatic rings. The molecule has 0 spiro atoms. The molecule has 24 heavy (non-hydrogen) atoms. The molecular weight excluding hydrogens is 309 g/mol. The van der Waals surface area contributed by atoms with Crippen molar-refractivity contribution in [2.45, 2.75) is 32.1 Å². The Morgan fingerprint density at radius 1 is 1.33 bits per heavy atom. The number of amides is 1. The minimum absolute atomic E-state index is 0.0923. The molecule has 0 bridgehead atoms. The van der Waals surface area contributed by atoms with E-state index in [0.29, 0.717) is 17.9 Å². The lowest BCUT2D eigenvalue weighted by atomic mass is 10.1. The summed E-state index contributed by atoms with van der Waals surface area (Å²) >= 11 is 0. The first-order valence-electron chi connectivity index (χ1n) is 8.38. The fourth-order valence-electron chi connectivity index (χ4n) is 3.36. The number of aliphatic hydroxyl groups is 1. The van der Waals surface area contributed by atoms with Crippen LogP contribution in [0.1, 0.15) is 41.0 Å². The number of hydrogen-bond donors (Lipinski definition) is 2. The van der Waals surface area contributed by atoms with Crippen molar-refractivity contribution in [3.05, 3.63) is 47.0 Å². The molecule has 0 aliphatic heterocycles. The van der Waals surface area contributed by atoms with Gasteiger partial charge in [0.15, 0.2) is 5.69 Å². The Balaban J connectivity index is 1.64. The molecule has 0 unspecified atom stereocenters. The second-order valence-corrected chi connectivity index (χ2v) is 6.83. The smallest absolute Gasteiger partial charge is 0.272 e. The molecule has 2 aliphatic carbocycles. The number of aliphatic hydroxyl groups excluding tert-OH is 1. The van der Waals surface area contributed by atoms with E-state index < -0.39 is 0 Å². The summed E-state index contributed by atoms with van der Waals surface area (Å²) in [5.41, 5.74) is 2.47. The lowest BCUT2D eigenvalue weighted by Gasteiger charge is -2.12. The summed E-state index contributed by atoms with van der Waals surface area (Å²) in [5.74, 6) is -0.582. The topological polar surface area (TPSA) is 67.2 Å². The number of nitrogens with one attached hydrogen (secondary N) is 1. The van der Waals surface area contributed by atoms with Crippen LogP contribution in [0.4, 0.5) is 4.39 Å². The van der Waals surface area contributed by atoms with E-state index in [4.69, 9.17) is 0 Å². The van der Waals surface area contributed by atoms with Crippen LogP contribution >= 0.6 is 0 Å². The van der Waals surface area contributed by atoms with Crippen molar-refractivity contribution in [2.75, 3.05) is 13.2 Å². The van der Waals surface area contributed by atoms with Crippen molar-refractivity contribution in [3.63, 3.8) is 0 Å². The molecule has 2 N–H and O–H groups in total. The number of benzene rings is 1. The average Bonchev–Trinajstić information content (AvgIpc) is 3.06. The Labute approximate surface area is 139 Å². The van der Waals surface area contributed by atoms with Crippen LogP contribution in [0.25, 0.3) is 5.69 Å². The van der Waals surface area contributed by atoms with Gasteiger partial charge in [-0.25, -0.2) is 9.07 Å². The van der Waals surface area contributed by atoms with Crippen LogP contribution in [0.2, 0.25) is 0 Å². The van der Waals surface area contributed by atoms with Crippen LogP contribution in [-0.2, 0) is 12.8 Å². The lowest BCUT2D eigenvalue weighted by Crippen LogP contribution is -2.32. The average molecular weight is 329 g/mol. The maximum Gasteiger partial charge on any atom is 0.272 e. The number of hydrogen-bond acceptors (Lipinski definition) is 3. The maximum absolute atomic E-state index is 14.1. The van der Waals surface area contributed by atoms with Gasteiger partial charge >= 0.3 is 0 Å². The summed E-state index contributed by atoms with van der Waals surface area (Å²) in [5, 5.41) is 16.7. The van der Waals surface area contributed by atoms with Gasteiger partial charge in [-0.15, -0.1) is 0 Å². The summed E-state index contributed by atoms with van der Waals surface area (Å²) < 4.78 is 15.7. The first kappa shape index (κ1) is 15.3. The zero-order valence-corrected chi connectivity index (χ0v) is 13.4. The van der Waals surface area contributed by atoms with Crippen LogP contribution in [0.3, 0.4) is 0 Å². The standard InChI is InChI=1S/C18H20FN3O2/c19-13-5-1-2-6-15(13)22-14-7-3-4-12(14)16(21-22)17(24)20-10-18(11-23)8-9-18/h1-2,5-6,23H,3-4,7-11H2,(H,20,24). The third-order valence-electron chi connectivity index (χ3n) is 5.14. The van der Waals surface area contributed by atoms with Crippen molar-refractivity contribution in [2.24, 2.45) is 5.41 Å². The van der Waals surface area contributed by atoms with Gasteiger partial charge < -0.3 is 10.4 Å². The van der Waals surface area contributed by atoms with Crippen molar-refractivity contribution in [1.82, 2.24) is 15.1 Å². The van der Waals surface area contributed by atoms with E-state index >= 15 is 0 Å². The SMILES string of the molecule is O=C(NCC1(CO)CC1)c1nn(-c2ccccc2F)c2c1CCC2. The normalized spacial score (nSPS) is 17.6. The highest BCUT2D eigenvalue weighted by Gasteiger charge is 2.42. The molecule has 126 valence electrons. The summed E-state index contributed by atoms with van der Waals surface area (Å²) in [6, 6.07) is 6.48. The number of para-hydroxylation sites is 1. The summed E-state index contributed by atoms with van der Waals surface area (Å²) in [7, 11) is 0. The van der Waals surface area contributed by atoms with Crippen LogP contribution in [-0.4, -0.2) is 33.9 Å². The molecule has 1 fully saturated rings. The van der Waals surface area contributed by atoms with Crippen LogP contribution < -0.4 is 5.32 Å². The van der Waals surface area contributed by atoms with E-state index in [1.54, 1.807) is 22.9 Å². The van der Waals surface area contributed by atoms with Crippen LogP contribution in [0.15, 0.2) is 24.3 Å². The minimum Gasteiger partial charge on any atom is -0.396 e. The van der Waals surface area contributed by atoms with E-state index in [-0.39, 0.29) is 23.7 Å². The molecule has 4 rings (SSSR count). The second kappa shape index (κ2) is 5.70. The summed E-state index contributed by atoms with van der Waals surface area (Å²) in [6.45, 7) is 0.554. The molecule has 0 radical (unpaired) electrons.